The molecule has 0 bridgehead atoms. The van der Waals surface area contributed by atoms with Crippen LogP contribution in [0.15, 0.2) is 53.3 Å². The van der Waals surface area contributed by atoms with Crippen LogP contribution >= 0.6 is 0 Å². The Morgan fingerprint density at radius 2 is 1.83 bits per heavy atom. The van der Waals surface area contributed by atoms with E-state index in [-0.39, 0.29) is 17.8 Å². The Hall–Kier alpha value is -3.55. The minimum absolute atomic E-state index is 0.0816. The van der Waals surface area contributed by atoms with Gasteiger partial charge in [0, 0.05) is 17.1 Å². The fourth-order valence-corrected chi connectivity index (χ4v) is 3.48. The maximum absolute atomic E-state index is 13.7. The Balaban J connectivity index is 1.96. The first-order chi connectivity index (χ1) is 14.5. The van der Waals surface area contributed by atoms with E-state index in [4.69, 9.17) is 9.26 Å². The molecule has 0 spiro atoms. The third kappa shape index (κ3) is 3.68. The van der Waals surface area contributed by atoms with Crippen molar-refractivity contribution in [2.24, 2.45) is 5.92 Å². The van der Waals surface area contributed by atoms with Crippen LogP contribution in [-0.2, 0) is 0 Å². The molecule has 0 fully saturated rings. The van der Waals surface area contributed by atoms with Crippen LogP contribution in [-0.4, -0.2) is 27.2 Å². The number of hydrogen-bond donors (Lipinski definition) is 0. The molecular formula is C22H22FN5O2. The van der Waals surface area contributed by atoms with Crippen LogP contribution in [0.2, 0.25) is 0 Å². The molecule has 0 N–H and O–H groups in total. The number of aryl methyl sites for hydroxylation is 1. The van der Waals surface area contributed by atoms with E-state index >= 15 is 0 Å². The van der Waals surface area contributed by atoms with Gasteiger partial charge < -0.3 is 14.2 Å². The molecule has 4 rings (SSSR count). The molecular weight excluding hydrogens is 385 g/mol. The topological polar surface area (TPSA) is 77.2 Å². The van der Waals surface area contributed by atoms with Gasteiger partial charge in [-0.3, -0.25) is 0 Å². The summed E-state index contributed by atoms with van der Waals surface area (Å²) in [5.41, 5.74) is 1.48. The predicted molar refractivity (Wildman–Crippen MR) is 111 cm³/mol. The number of fused-ring (bicyclic) bond motifs is 1. The Morgan fingerprint density at radius 1 is 1.07 bits per heavy atom. The third-order valence-electron chi connectivity index (χ3n) is 4.86. The van der Waals surface area contributed by atoms with Gasteiger partial charge >= 0.3 is 0 Å². The van der Waals surface area contributed by atoms with Gasteiger partial charge in [0.2, 0.25) is 5.89 Å². The second kappa shape index (κ2) is 8.06. The van der Waals surface area contributed by atoms with Gasteiger partial charge in [-0.1, -0.05) is 19.0 Å². The van der Waals surface area contributed by atoms with E-state index in [0.717, 1.165) is 16.6 Å². The summed E-state index contributed by atoms with van der Waals surface area (Å²) in [6.07, 6.45) is 1.50. The molecule has 4 aromatic rings. The molecule has 154 valence electrons. The summed E-state index contributed by atoms with van der Waals surface area (Å²) >= 11 is 0. The average molecular weight is 407 g/mol. The Morgan fingerprint density at radius 3 is 2.47 bits per heavy atom. The molecule has 0 aliphatic rings. The molecule has 0 saturated carbocycles. The minimum Gasteiger partial charge on any atom is -0.497 e. The lowest BCUT2D eigenvalue weighted by Gasteiger charge is -2.33. The first-order valence-corrected chi connectivity index (χ1v) is 9.61. The Bertz CT molecular complexity index is 1160. The summed E-state index contributed by atoms with van der Waals surface area (Å²) in [4.78, 5) is 15.4. The molecule has 30 heavy (non-hydrogen) atoms. The number of benzene rings is 2. The van der Waals surface area contributed by atoms with E-state index in [1.807, 2.05) is 23.1 Å². The van der Waals surface area contributed by atoms with Gasteiger partial charge in [0.15, 0.2) is 5.82 Å². The molecule has 0 aliphatic heterocycles. The molecule has 8 heteroatoms. The molecule has 2 aromatic heterocycles. The molecule has 2 aromatic carbocycles. The zero-order valence-corrected chi connectivity index (χ0v) is 17.2. The molecule has 1 unspecified atom stereocenters. The molecule has 0 aliphatic carbocycles. The largest absolute Gasteiger partial charge is 0.497 e. The third-order valence-corrected chi connectivity index (χ3v) is 4.86. The Kier molecular flexibility index (Phi) is 5.31. The lowest BCUT2D eigenvalue weighted by atomic mass is 10.0. The van der Waals surface area contributed by atoms with E-state index < -0.39 is 0 Å². The maximum atomic E-state index is 13.7. The number of aromatic nitrogens is 4. The number of rotatable bonds is 6. The van der Waals surface area contributed by atoms with Gasteiger partial charge in [-0.2, -0.15) is 4.98 Å². The SMILES string of the molecule is COc1ccc2c(N(c3ccc(F)cc3)C(c3nc(C)no3)C(C)C)ncnc2c1. The summed E-state index contributed by atoms with van der Waals surface area (Å²) in [5, 5.41) is 4.79. The predicted octanol–water partition coefficient (Wildman–Crippen LogP) is 5.00. The van der Waals surface area contributed by atoms with Crippen LogP contribution in [0.5, 0.6) is 5.75 Å². The number of nitrogens with zero attached hydrogens (tertiary/aromatic N) is 5. The lowest BCUT2D eigenvalue weighted by Crippen LogP contribution is -2.29. The van der Waals surface area contributed by atoms with Crippen molar-refractivity contribution in [1.82, 2.24) is 20.1 Å². The zero-order chi connectivity index (χ0) is 21.3. The molecule has 0 radical (unpaired) electrons. The molecule has 2 heterocycles. The second-order valence-corrected chi connectivity index (χ2v) is 7.30. The van der Waals surface area contributed by atoms with Crippen molar-refractivity contribution in [3.8, 4) is 5.75 Å². The van der Waals surface area contributed by atoms with Gasteiger partial charge in [-0.05, 0) is 49.2 Å². The number of hydrogen-bond acceptors (Lipinski definition) is 7. The van der Waals surface area contributed by atoms with E-state index in [9.17, 15) is 4.39 Å². The smallest absolute Gasteiger partial charge is 0.250 e. The van der Waals surface area contributed by atoms with Crippen molar-refractivity contribution in [1.29, 1.82) is 0 Å². The lowest BCUT2D eigenvalue weighted by molar-refractivity contribution is 0.321. The summed E-state index contributed by atoms with van der Waals surface area (Å²) in [7, 11) is 1.61. The fraction of sp³-hybridized carbons (Fsp3) is 0.273. The minimum atomic E-state index is -0.322. The summed E-state index contributed by atoms with van der Waals surface area (Å²) < 4.78 is 24.5. The van der Waals surface area contributed by atoms with Crippen molar-refractivity contribution in [3.05, 3.63) is 66.3 Å². The molecule has 1 atom stereocenters. The first-order valence-electron chi connectivity index (χ1n) is 9.61. The second-order valence-electron chi connectivity index (χ2n) is 7.30. The van der Waals surface area contributed by atoms with Gasteiger partial charge in [-0.25, -0.2) is 14.4 Å². The van der Waals surface area contributed by atoms with E-state index in [1.54, 1.807) is 26.2 Å². The highest BCUT2D eigenvalue weighted by molar-refractivity contribution is 5.92. The highest BCUT2D eigenvalue weighted by Gasteiger charge is 2.32. The normalized spacial score (nSPS) is 12.3. The fourth-order valence-electron chi connectivity index (χ4n) is 3.48. The van der Waals surface area contributed by atoms with E-state index in [2.05, 4.69) is 34.0 Å². The van der Waals surface area contributed by atoms with Crippen LogP contribution in [0.4, 0.5) is 15.9 Å². The van der Waals surface area contributed by atoms with E-state index in [0.29, 0.717) is 23.3 Å². The summed E-state index contributed by atoms with van der Waals surface area (Å²) in [6.45, 7) is 5.90. The van der Waals surface area contributed by atoms with Crippen LogP contribution in [0.1, 0.15) is 31.6 Å². The Labute approximate surface area is 173 Å². The van der Waals surface area contributed by atoms with Crippen molar-refractivity contribution in [3.63, 3.8) is 0 Å². The first kappa shape index (κ1) is 19.8. The number of ether oxygens (including phenoxy) is 1. The summed E-state index contributed by atoms with van der Waals surface area (Å²) in [5.74, 6) is 2.14. The highest BCUT2D eigenvalue weighted by atomic mass is 19.1. The van der Waals surface area contributed by atoms with Crippen molar-refractivity contribution >= 4 is 22.4 Å². The highest BCUT2D eigenvalue weighted by Crippen LogP contribution is 2.40. The van der Waals surface area contributed by atoms with Gasteiger partial charge in [0.25, 0.3) is 0 Å². The van der Waals surface area contributed by atoms with Crippen molar-refractivity contribution in [2.45, 2.75) is 26.8 Å². The van der Waals surface area contributed by atoms with Crippen LogP contribution in [0, 0.1) is 18.7 Å². The monoisotopic (exact) mass is 407 g/mol. The van der Waals surface area contributed by atoms with Crippen molar-refractivity contribution < 1.29 is 13.7 Å². The molecule has 0 saturated heterocycles. The van der Waals surface area contributed by atoms with Crippen molar-refractivity contribution in [2.75, 3.05) is 12.0 Å². The van der Waals surface area contributed by atoms with Crippen LogP contribution in [0.3, 0.4) is 0 Å². The van der Waals surface area contributed by atoms with Crippen LogP contribution in [0.25, 0.3) is 10.9 Å². The molecule has 7 nitrogen and oxygen atoms in total. The quantitative estimate of drug-likeness (QED) is 0.445. The van der Waals surface area contributed by atoms with E-state index in [1.165, 1.54) is 18.5 Å². The number of methoxy groups -OCH3 is 1. The van der Waals surface area contributed by atoms with Gasteiger partial charge in [0.05, 0.1) is 12.6 Å². The van der Waals surface area contributed by atoms with Crippen LogP contribution < -0.4 is 9.64 Å². The zero-order valence-electron chi connectivity index (χ0n) is 17.2. The average Bonchev–Trinajstić information content (AvgIpc) is 3.17. The standard InChI is InChI=1S/C22H22FN5O2/c1-13(2)20(22-26-14(3)27-30-22)28(16-7-5-15(23)6-8-16)21-18-10-9-17(29-4)11-19(18)24-12-25-21/h5-13,20H,1-4H3. The number of halogens is 1. The van der Waals surface area contributed by atoms with Gasteiger partial charge in [0.1, 0.15) is 29.8 Å². The number of anilines is 2. The molecule has 0 amide bonds. The van der Waals surface area contributed by atoms with Gasteiger partial charge in [-0.15, -0.1) is 0 Å². The summed E-state index contributed by atoms with van der Waals surface area (Å²) in [6, 6.07) is 11.6. The maximum Gasteiger partial charge on any atom is 0.250 e.